The first kappa shape index (κ1) is 19.7. The number of rotatable bonds is 5. The lowest BCUT2D eigenvalue weighted by Gasteiger charge is -2.18. The molecule has 30 heavy (non-hydrogen) atoms. The summed E-state index contributed by atoms with van der Waals surface area (Å²) in [7, 11) is 1.53. The fourth-order valence-electron chi connectivity index (χ4n) is 3.46. The van der Waals surface area contributed by atoms with Crippen LogP contribution in [0.25, 0.3) is 5.57 Å². The maximum absolute atomic E-state index is 13.5. The van der Waals surface area contributed by atoms with Gasteiger partial charge in [0, 0.05) is 5.02 Å². The molecule has 3 aromatic carbocycles. The first-order valence-electron chi connectivity index (χ1n) is 9.36. The second kappa shape index (κ2) is 8.05. The number of hydrogen-bond donors (Lipinski definition) is 1. The molecule has 1 heterocycles. The second-order valence-electron chi connectivity index (χ2n) is 6.82. The van der Waals surface area contributed by atoms with Gasteiger partial charge in [0.05, 0.1) is 24.1 Å². The van der Waals surface area contributed by atoms with Gasteiger partial charge in [0.2, 0.25) is 0 Å². The number of carbonyl (C=O) groups is 2. The molecule has 1 aliphatic rings. The molecule has 0 unspecified atom stereocenters. The smallest absolute Gasteiger partial charge is 0.282 e. The quantitative estimate of drug-likeness (QED) is 0.589. The largest absolute Gasteiger partial charge is 0.495 e. The van der Waals surface area contributed by atoms with Crippen LogP contribution < -0.4 is 15.0 Å². The molecule has 0 saturated carbocycles. The molecule has 0 atom stereocenters. The number of methoxy groups -OCH3 is 1. The third-order valence-electron chi connectivity index (χ3n) is 4.92. The molecule has 6 heteroatoms. The molecule has 0 aromatic heterocycles. The van der Waals surface area contributed by atoms with Crippen molar-refractivity contribution < 1.29 is 14.3 Å². The van der Waals surface area contributed by atoms with Gasteiger partial charge in [-0.2, -0.15) is 0 Å². The van der Waals surface area contributed by atoms with E-state index in [1.807, 2.05) is 37.3 Å². The normalized spacial score (nSPS) is 13.8. The molecule has 1 aliphatic heterocycles. The van der Waals surface area contributed by atoms with Crippen LogP contribution in [0.5, 0.6) is 5.75 Å². The number of hydrogen-bond acceptors (Lipinski definition) is 4. The summed E-state index contributed by atoms with van der Waals surface area (Å²) in [6.45, 7) is 1.86. The molecule has 0 fully saturated rings. The Kier molecular flexibility index (Phi) is 5.29. The molecule has 150 valence electrons. The van der Waals surface area contributed by atoms with Crippen LogP contribution in [-0.2, 0) is 9.59 Å². The van der Waals surface area contributed by atoms with E-state index in [0.717, 1.165) is 5.56 Å². The van der Waals surface area contributed by atoms with E-state index in [2.05, 4.69) is 5.32 Å². The van der Waals surface area contributed by atoms with E-state index in [1.165, 1.54) is 12.0 Å². The summed E-state index contributed by atoms with van der Waals surface area (Å²) in [5.74, 6) is -0.312. The van der Waals surface area contributed by atoms with Gasteiger partial charge in [-0.05, 0) is 42.3 Å². The predicted molar refractivity (Wildman–Crippen MR) is 119 cm³/mol. The maximum atomic E-state index is 13.5. The van der Waals surface area contributed by atoms with Gasteiger partial charge < -0.3 is 10.1 Å². The second-order valence-corrected chi connectivity index (χ2v) is 7.25. The minimum atomic E-state index is -0.435. The number of aryl methyl sites for hydroxylation is 1. The SMILES string of the molecule is COc1ccc(Cl)cc1NC1=C(c2ccccc2)C(=O)N(c2ccccc2C)C1=O. The fourth-order valence-corrected chi connectivity index (χ4v) is 3.64. The number of anilines is 2. The standard InChI is InChI=1S/C24H19ClN2O3/c1-15-8-6-7-11-19(15)27-23(28)21(16-9-4-3-5-10-16)22(24(27)29)26-18-14-17(25)12-13-20(18)30-2/h3-14,26H,1-2H3. The number of imide groups is 1. The Morgan fingerprint density at radius 3 is 2.30 bits per heavy atom. The molecule has 0 aliphatic carbocycles. The molecule has 0 bridgehead atoms. The minimum absolute atomic E-state index is 0.176. The number of ether oxygens (including phenoxy) is 1. The topological polar surface area (TPSA) is 58.6 Å². The highest BCUT2D eigenvalue weighted by Crippen LogP contribution is 2.37. The lowest BCUT2D eigenvalue weighted by Crippen LogP contribution is -2.33. The summed E-state index contributed by atoms with van der Waals surface area (Å²) in [5, 5.41) is 3.59. The number of nitrogens with zero attached hydrogens (tertiary/aromatic N) is 1. The monoisotopic (exact) mass is 418 g/mol. The van der Waals surface area contributed by atoms with Crippen molar-refractivity contribution in [2.75, 3.05) is 17.3 Å². The molecular formula is C24H19ClN2O3. The Morgan fingerprint density at radius 1 is 0.900 bits per heavy atom. The highest BCUT2D eigenvalue weighted by Gasteiger charge is 2.40. The maximum Gasteiger partial charge on any atom is 0.282 e. The van der Waals surface area contributed by atoms with Crippen LogP contribution in [0, 0.1) is 6.92 Å². The van der Waals surface area contributed by atoms with Gasteiger partial charge in [-0.25, -0.2) is 4.90 Å². The van der Waals surface area contributed by atoms with Crippen LogP contribution in [0.15, 0.2) is 78.5 Å². The third kappa shape index (κ3) is 3.44. The van der Waals surface area contributed by atoms with Gasteiger partial charge in [-0.1, -0.05) is 60.1 Å². The van der Waals surface area contributed by atoms with Crippen LogP contribution in [-0.4, -0.2) is 18.9 Å². The molecule has 4 rings (SSSR count). The molecular weight excluding hydrogens is 400 g/mol. The molecule has 0 spiro atoms. The molecule has 1 N–H and O–H groups in total. The summed E-state index contributed by atoms with van der Waals surface area (Å²) in [5.41, 5.74) is 3.00. The first-order chi connectivity index (χ1) is 14.5. The van der Waals surface area contributed by atoms with Gasteiger partial charge in [-0.3, -0.25) is 9.59 Å². The van der Waals surface area contributed by atoms with Crippen molar-refractivity contribution in [2.45, 2.75) is 6.92 Å². The van der Waals surface area contributed by atoms with E-state index in [4.69, 9.17) is 16.3 Å². The molecule has 2 amide bonds. The zero-order valence-corrected chi connectivity index (χ0v) is 17.2. The average molecular weight is 419 g/mol. The van der Waals surface area contributed by atoms with E-state index in [9.17, 15) is 9.59 Å². The predicted octanol–water partition coefficient (Wildman–Crippen LogP) is 5.05. The van der Waals surface area contributed by atoms with Gasteiger partial charge in [-0.15, -0.1) is 0 Å². The molecule has 0 saturated heterocycles. The van der Waals surface area contributed by atoms with Crippen molar-refractivity contribution in [1.29, 1.82) is 0 Å². The Balaban J connectivity index is 1.87. The number of carbonyl (C=O) groups excluding carboxylic acids is 2. The van der Waals surface area contributed by atoms with Crippen molar-refractivity contribution >= 4 is 40.4 Å². The van der Waals surface area contributed by atoms with Crippen molar-refractivity contribution in [2.24, 2.45) is 0 Å². The number of nitrogens with one attached hydrogen (secondary N) is 1. The average Bonchev–Trinajstić information content (AvgIpc) is 2.99. The lowest BCUT2D eigenvalue weighted by atomic mass is 10.0. The Bertz CT molecular complexity index is 1170. The Labute approximate surface area is 179 Å². The molecule has 0 radical (unpaired) electrons. The van der Waals surface area contributed by atoms with E-state index in [0.29, 0.717) is 33.3 Å². The number of halogens is 1. The van der Waals surface area contributed by atoms with Crippen molar-refractivity contribution in [1.82, 2.24) is 0 Å². The van der Waals surface area contributed by atoms with E-state index < -0.39 is 5.91 Å². The van der Waals surface area contributed by atoms with Crippen LogP contribution in [0.4, 0.5) is 11.4 Å². The molecule has 3 aromatic rings. The van der Waals surface area contributed by atoms with Crippen molar-refractivity contribution in [3.8, 4) is 5.75 Å². The number of benzene rings is 3. The Hall–Kier alpha value is -3.57. The van der Waals surface area contributed by atoms with Crippen LogP contribution in [0.1, 0.15) is 11.1 Å². The van der Waals surface area contributed by atoms with Gasteiger partial charge in [0.25, 0.3) is 11.8 Å². The first-order valence-corrected chi connectivity index (χ1v) is 9.73. The van der Waals surface area contributed by atoms with E-state index >= 15 is 0 Å². The summed E-state index contributed by atoms with van der Waals surface area (Å²) in [4.78, 5) is 28.1. The molecule has 5 nitrogen and oxygen atoms in total. The summed E-state index contributed by atoms with van der Waals surface area (Å²) in [6.07, 6.45) is 0. The third-order valence-corrected chi connectivity index (χ3v) is 5.16. The highest BCUT2D eigenvalue weighted by molar-refractivity contribution is 6.46. The number of para-hydroxylation sites is 1. The fraction of sp³-hybridized carbons (Fsp3) is 0.0833. The summed E-state index contributed by atoms with van der Waals surface area (Å²) >= 11 is 6.15. The van der Waals surface area contributed by atoms with E-state index in [-0.39, 0.29) is 11.6 Å². The van der Waals surface area contributed by atoms with Gasteiger partial charge >= 0.3 is 0 Å². The van der Waals surface area contributed by atoms with Gasteiger partial charge in [0.15, 0.2) is 0 Å². The summed E-state index contributed by atoms with van der Waals surface area (Å²) < 4.78 is 5.39. The van der Waals surface area contributed by atoms with Gasteiger partial charge in [0.1, 0.15) is 11.4 Å². The summed E-state index contributed by atoms with van der Waals surface area (Å²) in [6, 6.07) is 21.5. The van der Waals surface area contributed by atoms with Crippen LogP contribution in [0.3, 0.4) is 0 Å². The highest BCUT2D eigenvalue weighted by atomic mass is 35.5. The van der Waals surface area contributed by atoms with Crippen molar-refractivity contribution in [3.05, 3.63) is 94.6 Å². The van der Waals surface area contributed by atoms with Crippen LogP contribution >= 0.6 is 11.6 Å². The lowest BCUT2D eigenvalue weighted by molar-refractivity contribution is -0.120. The Morgan fingerprint density at radius 2 is 1.60 bits per heavy atom. The van der Waals surface area contributed by atoms with Crippen molar-refractivity contribution in [3.63, 3.8) is 0 Å². The number of amides is 2. The zero-order valence-electron chi connectivity index (χ0n) is 16.5. The van der Waals surface area contributed by atoms with Crippen LogP contribution in [0.2, 0.25) is 5.02 Å². The minimum Gasteiger partial charge on any atom is -0.495 e. The zero-order chi connectivity index (χ0) is 21.3. The van der Waals surface area contributed by atoms with E-state index in [1.54, 1.807) is 42.5 Å².